The summed E-state index contributed by atoms with van der Waals surface area (Å²) in [6.07, 6.45) is 3.99. The lowest BCUT2D eigenvalue weighted by molar-refractivity contribution is 0.00490. The van der Waals surface area contributed by atoms with E-state index in [-0.39, 0.29) is 5.54 Å². The molecule has 3 heteroatoms. The first kappa shape index (κ1) is 14.3. The van der Waals surface area contributed by atoms with Crippen molar-refractivity contribution in [2.24, 2.45) is 5.92 Å². The van der Waals surface area contributed by atoms with Gasteiger partial charge in [0, 0.05) is 43.9 Å². The van der Waals surface area contributed by atoms with Crippen LogP contribution in [0.5, 0.6) is 0 Å². The molecule has 0 radical (unpaired) electrons. The van der Waals surface area contributed by atoms with Crippen molar-refractivity contribution in [3.05, 3.63) is 0 Å². The Bertz CT molecular complexity index is 276. The van der Waals surface area contributed by atoms with Crippen LogP contribution in [0.2, 0.25) is 0 Å². The van der Waals surface area contributed by atoms with E-state index in [0.29, 0.717) is 5.54 Å². The van der Waals surface area contributed by atoms with Crippen molar-refractivity contribution in [3.8, 4) is 0 Å². The molecule has 0 amide bonds. The van der Waals surface area contributed by atoms with Crippen LogP contribution in [0.3, 0.4) is 0 Å². The van der Waals surface area contributed by atoms with Crippen molar-refractivity contribution < 1.29 is 4.74 Å². The fourth-order valence-corrected chi connectivity index (χ4v) is 3.19. The van der Waals surface area contributed by atoms with E-state index in [9.17, 15) is 0 Å². The summed E-state index contributed by atoms with van der Waals surface area (Å²) in [5.41, 5.74) is 0.627. The molecule has 0 spiro atoms. The highest BCUT2D eigenvalue weighted by Crippen LogP contribution is 2.44. The highest BCUT2D eigenvalue weighted by molar-refractivity contribution is 5.06. The highest BCUT2D eigenvalue weighted by atomic mass is 16.5. The van der Waals surface area contributed by atoms with Crippen LogP contribution in [-0.2, 0) is 4.74 Å². The van der Waals surface area contributed by atoms with Crippen LogP contribution in [0.4, 0.5) is 0 Å². The van der Waals surface area contributed by atoms with Gasteiger partial charge in [0.05, 0.1) is 0 Å². The van der Waals surface area contributed by atoms with Crippen LogP contribution in [0, 0.1) is 5.92 Å². The van der Waals surface area contributed by atoms with Crippen molar-refractivity contribution in [3.63, 3.8) is 0 Å². The van der Waals surface area contributed by atoms with Gasteiger partial charge >= 0.3 is 0 Å². The Morgan fingerprint density at radius 2 is 2.00 bits per heavy atom. The minimum Gasteiger partial charge on any atom is -0.382 e. The standard InChI is InChI=1S/C15H30N2O/c1-5-18-10-6-9-17-12-14(2,3)16-11-15(17,4)13-7-8-13/h13,16H,5-12H2,1-4H3. The van der Waals surface area contributed by atoms with E-state index in [1.54, 1.807) is 0 Å². The Labute approximate surface area is 112 Å². The molecule has 1 saturated carbocycles. The summed E-state index contributed by atoms with van der Waals surface area (Å²) in [5.74, 6) is 0.910. The lowest BCUT2D eigenvalue weighted by Crippen LogP contribution is -2.68. The second-order valence-corrected chi connectivity index (χ2v) is 6.84. The summed E-state index contributed by atoms with van der Waals surface area (Å²) in [4.78, 5) is 2.72. The van der Waals surface area contributed by atoms with Gasteiger partial charge in [0.2, 0.25) is 0 Å². The van der Waals surface area contributed by atoms with Gasteiger partial charge in [-0.3, -0.25) is 4.90 Å². The molecule has 0 aromatic rings. The average Bonchev–Trinajstić information content (AvgIpc) is 3.13. The first-order valence-electron chi connectivity index (χ1n) is 7.56. The van der Waals surface area contributed by atoms with Crippen LogP contribution in [-0.4, -0.2) is 48.8 Å². The minimum atomic E-state index is 0.250. The summed E-state index contributed by atoms with van der Waals surface area (Å²) in [7, 11) is 0. The number of piperazine rings is 1. The van der Waals surface area contributed by atoms with E-state index >= 15 is 0 Å². The molecule has 18 heavy (non-hydrogen) atoms. The van der Waals surface area contributed by atoms with Crippen molar-refractivity contribution >= 4 is 0 Å². The Hall–Kier alpha value is -0.120. The zero-order chi connectivity index (χ0) is 13.2. The lowest BCUT2D eigenvalue weighted by Gasteiger charge is -2.52. The Balaban J connectivity index is 1.92. The Morgan fingerprint density at radius 1 is 1.28 bits per heavy atom. The van der Waals surface area contributed by atoms with Gasteiger partial charge in [-0.15, -0.1) is 0 Å². The van der Waals surface area contributed by atoms with E-state index in [1.165, 1.54) is 19.4 Å². The third-order valence-electron chi connectivity index (χ3n) is 4.61. The first-order chi connectivity index (χ1) is 8.48. The zero-order valence-corrected chi connectivity index (χ0v) is 12.6. The van der Waals surface area contributed by atoms with E-state index in [4.69, 9.17) is 4.74 Å². The van der Waals surface area contributed by atoms with Crippen molar-refractivity contribution in [2.75, 3.05) is 32.8 Å². The summed E-state index contributed by atoms with van der Waals surface area (Å²) in [6.45, 7) is 14.4. The molecule has 1 atom stereocenters. The molecule has 1 N–H and O–H groups in total. The number of hydrogen-bond donors (Lipinski definition) is 1. The van der Waals surface area contributed by atoms with Gasteiger partial charge in [0.25, 0.3) is 0 Å². The highest BCUT2D eigenvalue weighted by Gasteiger charge is 2.49. The summed E-state index contributed by atoms with van der Waals surface area (Å²) >= 11 is 0. The molecule has 1 heterocycles. The molecule has 2 rings (SSSR count). The maximum absolute atomic E-state index is 5.48. The predicted octanol–water partition coefficient (Wildman–Crippen LogP) is 2.27. The van der Waals surface area contributed by atoms with Gasteiger partial charge in [-0.05, 0) is 52.9 Å². The van der Waals surface area contributed by atoms with Gasteiger partial charge < -0.3 is 10.1 Å². The van der Waals surface area contributed by atoms with Crippen molar-refractivity contribution in [2.45, 2.75) is 58.0 Å². The zero-order valence-electron chi connectivity index (χ0n) is 12.6. The Morgan fingerprint density at radius 3 is 2.61 bits per heavy atom. The molecule has 0 bridgehead atoms. The van der Waals surface area contributed by atoms with Crippen LogP contribution in [0.1, 0.15) is 47.0 Å². The van der Waals surface area contributed by atoms with Gasteiger partial charge in [-0.1, -0.05) is 0 Å². The quantitative estimate of drug-likeness (QED) is 0.736. The van der Waals surface area contributed by atoms with E-state index < -0.39 is 0 Å². The third-order valence-corrected chi connectivity index (χ3v) is 4.61. The monoisotopic (exact) mass is 254 g/mol. The largest absolute Gasteiger partial charge is 0.382 e. The smallest absolute Gasteiger partial charge is 0.0478 e. The normalized spacial score (nSPS) is 32.7. The number of nitrogens with zero attached hydrogens (tertiary/aromatic N) is 1. The van der Waals surface area contributed by atoms with Crippen LogP contribution in [0.25, 0.3) is 0 Å². The van der Waals surface area contributed by atoms with E-state index in [0.717, 1.165) is 38.6 Å². The van der Waals surface area contributed by atoms with Crippen LogP contribution < -0.4 is 5.32 Å². The Kier molecular flexibility index (Phi) is 4.35. The van der Waals surface area contributed by atoms with Crippen LogP contribution in [0.15, 0.2) is 0 Å². The fraction of sp³-hybridized carbons (Fsp3) is 1.00. The summed E-state index contributed by atoms with van der Waals surface area (Å²) in [5, 5.41) is 3.73. The van der Waals surface area contributed by atoms with E-state index in [2.05, 4.69) is 37.9 Å². The van der Waals surface area contributed by atoms with Crippen molar-refractivity contribution in [1.29, 1.82) is 0 Å². The second-order valence-electron chi connectivity index (χ2n) is 6.84. The van der Waals surface area contributed by atoms with Gasteiger partial charge in [-0.2, -0.15) is 0 Å². The third kappa shape index (κ3) is 3.25. The predicted molar refractivity (Wildman–Crippen MR) is 75.9 cm³/mol. The van der Waals surface area contributed by atoms with Gasteiger partial charge in [0.1, 0.15) is 0 Å². The molecule has 0 aromatic carbocycles. The maximum Gasteiger partial charge on any atom is 0.0478 e. The molecule has 1 unspecified atom stereocenters. The molecule has 0 aromatic heterocycles. The van der Waals surface area contributed by atoms with Crippen molar-refractivity contribution in [1.82, 2.24) is 10.2 Å². The second kappa shape index (κ2) is 5.48. The molecule has 3 nitrogen and oxygen atoms in total. The fourth-order valence-electron chi connectivity index (χ4n) is 3.19. The SMILES string of the molecule is CCOCCCN1CC(C)(C)NCC1(C)C1CC1. The number of nitrogens with one attached hydrogen (secondary N) is 1. The molecule has 1 aliphatic heterocycles. The van der Waals surface area contributed by atoms with E-state index in [1.807, 2.05) is 0 Å². The summed E-state index contributed by atoms with van der Waals surface area (Å²) in [6, 6.07) is 0. The lowest BCUT2D eigenvalue weighted by atomic mass is 9.86. The van der Waals surface area contributed by atoms with Gasteiger partial charge in [-0.25, -0.2) is 0 Å². The topological polar surface area (TPSA) is 24.5 Å². The molecule has 106 valence electrons. The molecule has 1 saturated heterocycles. The first-order valence-corrected chi connectivity index (χ1v) is 7.56. The minimum absolute atomic E-state index is 0.250. The maximum atomic E-state index is 5.48. The molecular formula is C15H30N2O. The number of ether oxygens (including phenoxy) is 1. The molecule has 2 aliphatic rings. The molecule has 2 fully saturated rings. The number of rotatable bonds is 6. The summed E-state index contributed by atoms with van der Waals surface area (Å²) < 4.78 is 5.48. The molecular weight excluding hydrogens is 224 g/mol. The number of hydrogen-bond acceptors (Lipinski definition) is 3. The van der Waals surface area contributed by atoms with Gasteiger partial charge in [0.15, 0.2) is 0 Å². The van der Waals surface area contributed by atoms with Crippen LogP contribution >= 0.6 is 0 Å². The average molecular weight is 254 g/mol. The molecule has 1 aliphatic carbocycles.